The normalized spacial score (nSPS) is 13.0. The van der Waals surface area contributed by atoms with Gasteiger partial charge in [-0.05, 0) is 38.1 Å². The summed E-state index contributed by atoms with van der Waals surface area (Å²) >= 11 is 0. The molecule has 3 N–H and O–H groups in total. The smallest absolute Gasteiger partial charge is 0.372 e. The number of rotatable bonds is 5. The van der Waals surface area contributed by atoms with Crippen molar-refractivity contribution in [3.05, 3.63) is 59.4 Å². The van der Waals surface area contributed by atoms with Crippen LogP contribution in [0.1, 0.15) is 34.6 Å². The molecule has 3 rings (SSSR count). The minimum absolute atomic E-state index is 0.00469. The maximum absolute atomic E-state index is 12.7. The van der Waals surface area contributed by atoms with Crippen LogP contribution in [0.25, 0.3) is 11.0 Å². The molecule has 0 spiro atoms. The molecule has 7 nitrogen and oxygen atoms in total. The summed E-state index contributed by atoms with van der Waals surface area (Å²) in [7, 11) is -3.89. The van der Waals surface area contributed by atoms with Crippen molar-refractivity contribution in [2.45, 2.75) is 24.8 Å². The van der Waals surface area contributed by atoms with Crippen LogP contribution in [-0.4, -0.2) is 24.6 Å². The van der Waals surface area contributed by atoms with Crippen LogP contribution in [0.4, 0.5) is 0 Å². The van der Waals surface area contributed by atoms with Gasteiger partial charge in [0.25, 0.3) is 0 Å². The molecule has 8 heteroatoms. The zero-order chi connectivity index (χ0) is 19.1. The lowest BCUT2D eigenvalue weighted by Gasteiger charge is -2.15. The van der Waals surface area contributed by atoms with Gasteiger partial charge in [0, 0.05) is 22.6 Å². The van der Waals surface area contributed by atoms with Gasteiger partial charge in [0.15, 0.2) is 0 Å². The van der Waals surface area contributed by atoms with E-state index in [0.29, 0.717) is 22.1 Å². The molecule has 0 bridgehead atoms. The summed E-state index contributed by atoms with van der Waals surface area (Å²) < 4.78 is 33.1. The number of furan rings is 1. The van der Waals surface area contributed by atoms with Gasteiger partial charge >= 0.3 is 5.97 Å². The minimum atomic E-state index is -3.89. The highest BCUT2D eigenvalue weighted by Gasteiger charge is 2.23. The number of hydrogen-bond donors (Lipinski definition) is 3. The maximum atomic E-state index is 12.7. The molecule has 0 saturated heterocycles. The van der Waals surface area contributed by atoms with E-state index < -0.39 is 22.0 Å². The molecule has 0 amide bonds. The molecular weight excluding hydrogens is 358 g/mol. The van der Waals surface area contributed by atoms with Crippen LogP contribution >= 0.6 is 0 Å². The van der Waals surface area contributed by atoms with Gasteiger partial charge < -0.3 is 14.6 Å². The lowest BCUT2D eigenvalue weighted by molar-refractivity contribution is 0.0664. The first-order valence-electron chi connectivity index (χ1n) is 7.77. The Kier molecular flexibility index (Phi) is 4.47. The summed E-state index contributed by atoms with van der Waals surface area (Å²) in [5.41, 5.74) is 1.11. The number of phenolic OH excluding ortho intramolecular Hbond substituents is 1. The average Bonchev–Trinajstić information content (AvgIpc) is 2.91. The number of para-hydroxylation sites is 1. The number of carboxylic acid groups (broad SMARTS) is 1. The zero-order valence-corrected chi connectivity index (χ0v) is 14.9. The Balaban J connectivity index is 1.98. The van der Waals surface area contributed by atoms with Crippen molar-refractivity contribution in [3.8, 4) is 5.75 Å². The van der Waals surface area contributed by atoms with Gasteiger partial charge in [0.05, 0.1) is 4.90 Å². The van der Waals surface area contributed by atoms with Gasteiger partial charge in [-0.2, -0.15) is 0 Å². The van der Waals surface area contributed by atoms with Crippen molar-refractivity contribution < 1.29 is 27.8 Å². The number of aryl methyl sites for hydroxylation is 1. The molecule has 0 aliphatic carbocycles. The van der Waals surface area contributed by atoms with Crippen molar-refractivity contribution in [2.24, 2.45) is 0 Å². The summed E-state index contributed by atoms with van der Waals surface area (Å²) in [5, 5.41) is 19.4. The Labute approximate surface area is 149 Å². The maximum Gasteiger partial charge on any atom is 0.372 e. The Morgan fingerprint density at radius 1 is 1.19 bits per heavy atom. The summed E-state index contributed by atoms with van der Waals surface area (Å²) in [6.45, 7) is 3.18. The summed E-state index contributed by atoms with van der Waals surface area (Å²) in [6.07, 6.45) is 0. The Morgan fingerprint density at radius 2 is 1.88 bits per heavy atom. The van der Waals surface area contributed by atoms with Gasteiger partial charge in [0.1, 0.15) is 11.3 Å². The standard InChI is InChI=1S/C18H17NO6S/c1-10-14-9-12(7-8-16(14)25-17(10)18(21)22)26(23,24)19-11(2)13-5-3-4-6-15(13)20/h3-9,11,19-20H,1-2H3,(H,21,22). The van der Waals surface area contributed by atoms with E-state index in [4.69, 9.17) is 9.52 Å². The molecular formula is C18H17NO6S. The van der Waals surface area contributed by atoms with E-state index in [1.54, 1.807) is 32.0 Å². The lowest BCUT2D eigenvalue weighted by Crippen LogP contribution is -2.26. The molecule has 1 unspecified atom stereocenters. The van der Waals surface area contributed by atoms with E-state index in [2.05, 4.69) is 4.72 Å². The SMILES string of the molecule is Cc1c(C(=O)O)oc2ccc(S(=O)(=O)NC(C)c3ccccc3O)cc12. The molecule has 136 valence electrons. The molecule has 26 heavy (non-hydrogen) atoms. The van der Waals surface area contributed by atoms with E-state index in [1.807, 2.05) is 0 Å². The number of benzene rings is 2. The Hall–Kier alpha value is -2.84. The van der Waals surface area contributed by atoms with Crippen LogP contribution in [0.5, 0.6) is 5.75 Å². The molecule has 1 aromatic heterocycles. The van der Waals surface area contributed by atoms with E-state index in [0.717, 1.165) is 0 Å². The molecule has 3 aromatic rings. The van der Waals surface area contributed by atoms with Gasteiger partial charge in [-0.25, -0.2) is 17.9 Å². The van der Waals surface area contributed by atoms with Crippen LogP contribution in [0.15, 0.2) is 51.8 Å². The molecule has 0 saturated carbocycles. The largest absolute Gasteiger partial charge is 0.508 e. The molecule has 1 atom stereocenters. The number of nitrogens with one attached hydrogen (secondary N) is 1. The zero-order valence-electron chi connectivity index (χ0n) is 14.1. The van der Waals surface area contributed by atoms with Gasteiger partial charge in [-0.3, -0.25) is 0 Å². The Bertz CT molecular complexity index is 1100. The van der Waals surface area contributed by atoms with Crippen LogP contribution in [0.2, 0.25) is 0 Å². The Morgan fingerprint density at radius 3 is 2.54 bits per heavy atom. The van der Waals surface area contributed by atoms with Crippen molar-refractivity contribution in [2.75, 3.05) is 0 Å². The number of aromatic carboxylic acids is 1. The highest BCUT2D eigenvalue weighted by Crippen LogP contribution is 2.29. The number of aromatic hydroxyl groups is 1. The third kappa shape index (κ3) is 3.16. The van der Waals surface area contributed by atoms with E-state index >= 15 is 0 Å². The van der Waals surface area contributed by atoms with Crippen molar-refractivity contribution in [3.63, 3.8) is 0 Å². The van der Waals surface area contributed by atoms with Crippen LogP contribution in [0.3, 0.4) is 0 Å². The first-order chi connectivity index (χ1) is 12.2. The third-order valence-corrected chi connectivity index (χ3v) is 5.69. The fraction of sp³-hybridized carbons (Fsp3) is 0.167. The number of carboxylic acids is 1. The molecule has 1 heterocycles. The van der Waals surface area contributed by atoms with Crippen molar-refractivity contribution in [1.29, 1.82) is 0 Å². The molecule has 0 aliphatic heterocycles. The van der Waals surface area contributed by atoms with Crippen LogP contribution in [0, 0.1) is 6.92 Å². The third-order valence-electron chi connectivity index (χ3n) is 4.15. The van der Waals surface area contributed by atoms with Gasteiger partial charge in [0.2, 0.25) is 15.8 Å². The van der Waals surface area contributed by atoms with Crippen molar-refractivity contribution in [1.82, 2.24) is 4.72 Å². The first-order valence-corrected chi connectivity index (χ1v) is 9.25. The number of fused-ring (bicyclic) bond motifs is 1. The highest BCUT2D eigenvalue weighted by molar-refractivity contribution is 7.89. The fourth-order valence-electron chi connectivity index (χ4n) is 2.79. The topological polar surface area (TPSA) is 117 Å². The second kappa shape index (κ2) is 6.47. The first kappa shape index (κ1) is 18.0. The number of sulfonamides is 1. The predicted octanol–water partition coefficient (Wildman–Crippen LogP) is 3.18. The fourth-order valence-corrected chi connectivity index (χ4v) is 4.04. The van der Waals surface area contributed by atoms with Gasteiger partial charge in [-0.1, -0.05) is 18.2 Å². The van der Waals surface area contributed by atoms with E-state index in [9.17, 15) is 18.3 Å². The van der Waals surface area contributed by atoms with Crippen LogP contribution in [-0.2, 0) is 10.0 Å². The predicted molar refractivity (Wildman–Crippen MR) is 94.8 cm³/mol. The van der Waals surface area contributed by atoms with Gasteiger partial charge in [-0.15, -0.1) is 0 Å². The highest BCUT2D eigenvalue weighted by atomic mass is 32.2. The summed E-state index contributed by atoms with van der Waals surface area (Å²) in [5.74, 6) is -1.44. The number of carbonyl (C=O) groups is 1. The second-order valence-corrected chi connectivity index (χ2v) is 7.64. The monoisotopic (exact) mass is 375 g/mol. The summed E-state index contributed by atoms with van der Waals surface area (Å²) in [4.78, 5) is 11.1. The average molecular weight is 375 g/mol. The number of hydrogen-bond acceptors (Lipinski definition) is 5. The number of phenols is 1. The molecule has 2 aromatic carbocycles. The molecule has 0 aliphatic rings. The van der Waals surface area contributed by atoms with Crippen LogP contribution < -0.4 is 4.72 Å². The summed E-state index contributed by atoms with van der Waals surface area (Å²) in [6, 6.07) is 9.95. The minimum Gasteiger partial charge on any atom is -0.508 e. The van der Waals surface area contributed by atoms with E-state index in [1.165, 1.54) is 24.3 Å². The second-order valence-electron chi connectivity index (χ2n) is 5.92. The molecule has 0 radical (unpaired) electrons. The molecule has 0 fully saturated rings. The van der Waals surface area contributed by atoms with E-state index in [-0.39, 0.29) is 16.4 Å². The quantitative estimate of drug-likeness (QED) is 0.630. The van der Waals surface area contributed by atoms with Crippen molar-refractivity contribution >= 4 is 27.0 Å². The lowest BCUT2D eigenvalue weighted by atomic mass is 10.1.